The lowest BCUT2D eigenvalue weighted by Gasteiger charge is -2.42. The zero-order valence-corrected chi connectivity index (χ0v) is 12.6. The van der Waals surface area contributed by atoms with Gasteiger partial charge in [0, 0.05) is 19.1 Å². The minimum absolute atomic E-state index is 0.237. The van der Waals surface area contributed by atoms with E-state index in [0.717, 1.165) is 45.2 Å². The number of amides is 1. The number of carbonyl (C=O) groups is 1. The summed E-state index contributed by atoms with van der Waals surface area (Å²) in [5.41, 5.74) is 5.88. The van der Waals surface area contributed by atoms with E-state index in [2.05, 4.69) is 9.80 Å². The van der Waals surface area contributed by atoms with E-state index in [0.29, 0.717) is 6.04 Å². The number of carbonyl (C=O) groups excluding carboxylic acids is 1. The van der Waals surface area contributed by atoms with Crippen molar-refractivity contribution in [1.29, 1.82) is 0 Å². The maximum Gasteiger partial charge on any atom is 0.242 e. The van der Waals surface area contributed by atoms with Crippen molar-refractivity contribution in [2.24, 2.45) is 5.73 Å². The molecule has 20 heavy (non-hydrogen) atoms. The first-order chi connectivity index (χ1) is 9.69. The second-order valence-corrected chi connectivity index (χ2v) is 7.01. The zero-order valence-electron chi connectivity index (χ0n) is 12.6. The predicted octanol–water partition coefficient (Wildman–Crippen LogP) is 1.73. The lowest BCUT2D eigenvalue weighted by molar-refractivity contribution is -0.140. The minimum Gasteiger partial charge on any atom is -0.340 e. The van der Waals surface area contributed by atoms with E-state index in [-0.39, 0.29) is 5.91 Å². The van der Waals surface area contributed by atoms with Crippen LogP contribution in [0, 0.1) is 0 Å². The van der Waals surface area contributed by atoms with Crippen LogP contribution in [0.2, 0.25) is 0 Å². The predicted molar refractivity (Wildman–Crippen MR) is 80.4 cm³/mol. The summed E-state index contributed by atoms with van der Waals surface area (Å²) in [6.45, 7) is 4.28. The van der Waals surface area contributed by atoms with E-state index in [9.17, 15) is 4.79 Å². The summed E-state index contributed by atoms with van der Waals surface area (Å²) in [5.74, 6) is 0.237. The third-order valence-electron chi connectivity index (χ3n) is 5.51. The number of hydrogen-bond donors (Lipinski definition) is 1. The number of nitrogens with zero attached hydrogens (tertiary/aromatic N) is 2. The molecule has 0 aromatic heterocycles. The second-order valence-electron chi connectivity index (χ2n) is 7.01. The summed E-state index contributed by atoms with van der Waals surface area (Å²) in [7, 11) is 0. The first-order valence-corrected chi connectivity index (χ1v) is 8.51. The van der Waals surface area contributed by atoms with Crippen LogP contribution in [-0.4, -0.2) is 53.5 Å². The van der Waals surface area contributed by atoms with Crippen molar-refractivity contribution in [2.75, 3.05) is 26.2 Å². The zero-order chi connectivity index (χ0) is 14.0. The SMILES string of the molecule is NC1(C(=O)N2CCCC(N3CCCC3)C2)CCCCC1. The summed E-state index contributed by atoms with van der Waals surface area (Å²) in [6.07, 6.45) is 10.3. The maximum atomic E-state index is 12.8. The number of likely N-dealkylation sites (tertiary alicyclic amines) is 2. The highest BCUT2D eigenvalue weighted by Gasteiger charge is 2.40. The molecule has 1 unspecified atom stereocenters. The molecule has 0 aromatic rings. The Morgan fingerprint density at radius 2 is 1.65 bits per heavy atom. The van der Waals surface area contributed by atoms with E-state index >= 15 is 0 Å². The Bertz CT molecular complexity index is 346. The first kappa shape index (κ1) is 14.3. The number of hydrogen-bond acceptors (Lipinski definition) is 3. The van der Waals surface area contributed by atoms with E-state index in [1.54, 1.807) is 0 Å². The summed E-state index contributed by atoms with van der Waals surface area (Å²) >= 11 is 0. The second kappa shape index (κ2) is 6.02. The van der Waals surface area contributed by atoms with Crippen LogP contribution in [0.15, 0.2) is 0 Å². The van der Waals surface area contributed by atoms with Gasteiger partial charge in [0.25, 0.3) is 0 Å². The standard InChI is InChI=1S/C16H29N3O/c17-16(8-2-1-3-9-16)15(20)19-12-6-7-14(13-19)18-10-4-5-11-18/h14H,1-13,17H2. The summed E-state index contributed by atoms with van der Waals surface area (Å²) in [5, 5.41) is 0. The molecule has 3 aliphatic rings. The molecule has 0 aromatic carbocycles. The van der Waals surface area contributed by atoms with Crippen LogP contribution in [0.1, 0.15) is 57.8 Å². The molecule has 3 rings (SSSR count). The molecule has 0 radical (unpaired) electrons. The number of piperidine rings is 1. The fraction of sp³-hybridized carbons (Fsp3) is 0.938. The van der Waals surface area contributed by atoms with Gasteiger partial charge in [0.15, 0.2) is 0 Å². The lowest BCUT2D eigenvalue weighted by Crippen LogP contribution is -2.60. The average molecular weight is 279 g/mol. The van der Waals surface area contributed by atoms with Gasteiger partial charge in [-0.25, -0.2) is 0 Å². The molecular formula is C16H29N3O. The Labute approximate surface area is 122 Å². The number of nitrogens with two attached hydrogens (primary N) is 1. The largest absolute Gasteiger partial charge is 0.340 e. The Morgan fingerprint density at radius 1 is 0.950 bits per heavy atom. The van der Waals surface area contributed by atoms with Crippen LogP contribution in [0.3, 0.4) is 0 Å². The van der Waals surface area contributed by atoms with Gasteiger partial charge in [-0.2, -0.15) is 0 Å². The Hall–Kier alpha value is -0.610. The molecule has 0 spiro atoms. The van der Waals surface area contributed by atoms with Crippen LogP contribution < -0.4 is 5.73 Å². The highest BCUT2D eigenvalue weighted by molar-refractivity contribution is 5.86. The summed E-state index contributed by atoms with van der Waals surface area (Å²) < 4.78 is 0. The molecule has 1 amide bonds. The molecule has 4 nitrogen and oxygen atoms in total. The normalized spacial score (nSPS) is 31.4. The van der Waals surface area contributed by atoms with E-state index in [1.807, 2.05) is 0 Å². The molecular weight excluding hydrogens is 250 g/mol. The van der Waals surface area contributed by atoms with Crippen molar-refractivity contribution in [1.82, 2.24) is 9.80 Å². The van der Waals surface area contributed by atoms with Crippen LogP contribution in [0.4, 0.5) is 0 Å². The van der Waals surface area contributed by atoms with Crippen LogP contribution in [0.25, 0.3) is 0 Å². The Morgan fingerprint density at radius 3 is 2.35 bits per heavy atom. The lowest BCUT2D eigenvalue weighted by atomic mass is 9.81. The van der Waals surface area contributed by atoms with Crippen LogP contribution in [0.5, 0.6) is 0 Å². The molecule has 114 valence electrons. The molecule has 4 heteroatoms. The van der Waals surface area contributed by atoms with Crippen molar-refractivity contribution >= 4 is 5.91 Å². The quantitative estimate of drug-likeness (QED) is 0.837. The van der Waals surface area contributed by atoms with Crippen molar-refractivity contribution < 1.29 is 4.79 Å². The number of rotatable bonds is 2. The molecule has 2 N–H and O–H groups in total. The third-order valence-corrected chi connectivity index (χ3v) is 5.51. The van der Waals surface area contributed by atoms with Crippen molar-refractivity contribution in [3.8, 4) is 0 Å². The Kier molecular flexibility index (Phi) is 4.32. The molecule has 2 heterocycles. The fourth-order valence-electron chi connectivity index (χ4n) is 4.26. The molecule has 2 aliphatic heterocycles. The summed E-state index contributed by atoms with van der Waals surface area (Å²) in [6, 6.07) is 0.586. The summed E-state index contributed by atoms with van der Waals surface area (Å²) in [4.78, 5) is 17.5. The topological polar surface area (TPSA) is 49.6 Å². The van der Waals surface area contributed by atoms with E-state index in [1.165, 1.54) is 38.8 Å². The van der Waals surface area contributed by atoms with Crippen molar-refractivity contribution in [3.63, 3.8) is 0 Å². The Balaban J connectivity index is 1.62. The molecule has 3 fully saturated rings. The molecule has 0 bridgehead atoms. The fourth-order valence-corrected chi connectivity index (χ4v) is 4.26. The highest BCUT2D eigenvalue weighted by atomic mass is 16.2. The first-order valence-electron chi connectivity index (χ1n) is 8.51. The van der Waals surface area contributed by atoms with Gasteiger partial charge in [-0.15, -0.1) is 0 Å². The van der Waals surface area contributed by atoms with Gasteiger partial charge in [0.2, 0.25) is 5.91 Å². The van der Waals surface area contributed by atoms with Crippen molar-refractivity contribution in [3.05, 3.63) is 0 Å². The van der Waals surface area contributed by atoms with E-state index < -0.39 is 5.54 Å². The minimum atomic E-state index is -0.550. The van der Waals surface area contributed by atoms with Crippen LogP contribution >= 0.6 is 0 Å². The van der Waals surface area contributed by atoms with Crippen LogP contribution in [-0.2, 0) is 4.79 Å². The monoisotopic (exact) mass is 279 g/mol. The van der Waals surface area contributed by atoms with E-state index in [4.69, 9.17) is 5.73 Å². The van der Waals surface area contributed by atoms with Gasteiger partial charge in [-0.3, -0.25) is 9.69 Å². The maximum absolute atomic E-state index is 12.8. The highest BCUT2D eigenvalue weighted by Crippen LogP contribution is 2.29. The van der Waals surface area contributed by atoms with Crippen molar-refractivity contribution in [2.45, 2.75) is 69.4 Å². The molecule has 1 atom stereocenters. The molecule has 2 saturated heterocycles. The molecule has 1 aliphatic carbocycles. The molecule has 1 saturated carbocycles. The van der Waals surface area contributed by atoms with Gasteiger partial charge >= 0.3 is 0 Å². The van der Waals surface area contributed by atoms with Gasteiger partial charge in [-0.05, 0) is 51.6 Å². The van der Waals surface area contributed by atoms with Gasteiger partial charge < -0.3 is 10.6 Å². The average Bonchev–Trinajstić information content (AvgIpc) is 3.02. The van der Waals surface area contributed by atoms with Gasteiger partial charge in [-0.1, -0.05) is 19.3 Å². The van der Waals surface area contributed by atoms with Gasteiger partial charge in [0.05, 0.1) is 5.54 Å². The third kappa shape index (κ3) is 2.86. The van der Waals surface area contributed by atoms with Gasteiger partial charge in [0.1, 0.15) is 0 Å². The smallest absolute Gasteiger partial charge is 0.242 e.